The number of thiocarbonyl (C=S) groups is 1. The summed E-state index contributed by atoms with van der Waals surface area (Å²) in [5, 5.41) is 0. The maximum absolute atomic E-state index is 12.7. The van der Waals surface area contributed by atoms with Crippen LogP contribution in [-0.4, -0.2) is 41.9 Å². The number of ether oxygens (including phenoxy) is 3. The molecule has 0 spiro atoms. The molecule has 1 aliphatic rings. The van der Waals surface area contributed by atoms with Crippen LogP contribution in [0.2, 0.25) is 0 Å². The Morgan fingerprint density at radius 1 is 1.23 bits per heavy atom. The number of amides is 1. The zero-order chi connectivity index (χ0) is 22.4. The first-order valence-electron chi connectivity index (χ1n) is 9.29. The van der Waals surface area contributed by atoms with Crippen molar-refractivity contribution in [3.63, 3.8) is 0 Å². The lowest BCUT2D eigenvalue weighted by Crippen LogP contribution is -2.30. The van der Waals surface area contributed by atoms with Crippen LogP contribution in [0.25, 0.3) is 6.08 Å². The van der Waals surface area contributed by atoms with E-state index in [2.05, 4.69) is 20.7 Å². The highest BCUT2D eigenvalue weighted by Gasteiger charge is 2.32. The summed E-state index contributed by atoms with van der Waals surface area (Å²) in [6.07, 6.45) is 1.83. The normalized spacial score (nSPS) is 14.8. The van der Waals surface area contributed by atoms with Gasteiger partial charge in [-0.3, -0.25) is 14.5 Å². The summed E-state index contributed by atoms with van der Waals surface area (Å²) in [4.78, 5) is 26.0. The minimum absolute atomic E-state index is 0.0864. The van der Waals surface area contributed by atoms with Crippen LogP contribution in [0.1, 0.15) is 17.5 Å². The Hall–Kier alpha value is -2.36. The number of carbonyl (C=O) groups is 2. The predicted octanol–water partition coefficient (Wildman–Crippen LogP) is 4.80. The van der Waals surface area contributed by atoms with Gasteiger partial charge in [0.05, 0.1) is 30.0 Å². The quantitative estimate of drug-likeness (QED) is 0.280. The van der Waals surface area contributed by atoms with Crippen molar-refractivity contribution in [2.75, 3.05) is 20.8 Å². The molecule has 1 amide bonds. The number of methoxy groups -OCH3 is 2. The minimum Gasteiger partial charge on any atom is -0.493 e. The fourth-order valence-electron chi connectivity index (χ4n) is 2.84. The number of hydrogen-bond acceptors (Lipinski definition) is 7. The molecule has 2 aromatic rings. The van der Waals surface area contributed by atoms with Gasteiger partial charge in [-0.25, -0.2) is 0 Å². The molecule has 0 N–H and O–H groups in total. The van der Waals surface area contributed by atoms with Gasteiger partial charge in [0.25, 0.3) is 5.91 Å². The van der Waals surface area contributed by atoms with Crippen molar-refractivity contribution < 1.29 is 23.8 Å². The molecule has 1 fully saturated rings. The molecular formula is C22H20BrNO5S2. The van der Waals surface area contributed by atoms with Gasteiger partial charge in [0, 0.05) is 6.54 Å². The van der Waals surface area contributed by atoms with Crippen molar-refractivity contribution in [1.82, 2.24) is 4.90 Å². The Bertz CT molecular complexity index is 1030. The Balaban J connectivity index is 1.77. The first kappa shape index (κ1) is 23.3. The van der Waals surface area contributed by atoms with E-state index in [4.69, 9.17) is 21.7 Å². The number of halogens is 1. The van der Waals surface area contributed by atoms with Crippen molar-refractivity contribution in [1.29, 1.82) is 0 Å². The van der Waals surface area contributed by atoms with Gasteiger partial charge in [-0.05, 0) is 45.3 Å². The lowest BCUT2D eigenvalue weighted by atomic mass is 10.1. The lowest BCUT2D eigenvalue weighted by Gasteiger charge is -2.14. The lowest BCUT2D eigenvalue weighted by molar-refractivity contribution is -0.140. The van der Waals surface area contributed by atoms with Crippen LogP contribution in [0.15, 0.2) is 51.8 Å². The average molecular weight is 522 g/mol. The van der Waals surface area contributed by atoms with Gasteiger partial charge in [-0.15, -0.1) is 0 Å². The molecule has 0 atom stereocenters. The van der Waals surface area contributed by atoms with E-state index in [1.807, 2.05) is 36.4 Å². The second kappa shape index (κ2) is 10.8. The summed E-state index contributed by atoms with van der Waals surface area (Å²) >= 11 is 10.0. The largest absolute Gasteiger partial charge is 0.493 e. The van der Waals surface area contributed by atoms with Gasteiger partial charge in [0.2, 0.25) is 0 Å². The smallest absolute Gasteiger partial charge is 0.307 e. The number of thioether (sulfide) groups is 1. The predicted molar refractivity (Wildman–Crippen MR) is 128 cm³/mol. The summed E-state index contributed by atoms with van der Waals surface area (Å²) in [5.41, 5.74) is 1.79. The second-order valence-corrected chi connectivity index (χ2v) is 9.00. The van der Waals surface area contributed by atoms with E-state index in [0.29, 0.717) is 31.8 Å². The average Bonchev–Trinajstić information content (AvgIpc) is 3.03. The number of esters is 1. The van der Waals surface area contributed by atoms with Crippen LogP contribution < -0.4 is 9.47 Å². The molecule has 9 heteroatoms. The first-order valence-corrected chi connectivity index (χ1v) is 11.3. The number of carbonyl (C=O) groups excluding carboxylic acids is 2. The molecule has 1 heterocycles. The van der Waals surface area contributed by atoms with Crippen molar-refractivity contribution in [3.8, 4) is 11.5 Å². The fourth-order valence-corrected chi connectivity index (χ4v) is 4.72. The maximum atomic E-state index is 12.7. The minimum atomic E-state index is -0.391. The summed E-state index contributed by atoms with van der Waals surface area (Å²) in [5.74, 6) is 0.489. The van der Waals surface area contributed by atoms with E-state index in [0.717, 1.165) is 11.1 Å². The molecule has 0 aliphatic carbocycles. The Morgan fingerprint density at radius 2 is 1.97 bits per heavy atom. The van der Waals surface area contributed by atoms with E-state index in [1.54, 1.807) is 19.3 Å². The SMILES string of the molecule is COC(=O)CCN1C(=O)/C(=C/c2cc(Br)c(OCc3ccccc3)c(OC)c2)SC1=S. The molecule has 2 aromatic carbocycles. The van der Waals surface area contributed by atoms with Crippen molar-refractivity contribution >= 4 is 62.2 Å². The summed E-state index contributed by atoms with van der Waals surface area (Å²) < 4.78 is 17.2. The van der Waals surface area contributed by atoms with Gasteiger partial charge < -0.3 is 14.2 Å². The highest BCUT2D eigenvalue weighted by Crippen LogP contribution is 2.39. The molecule has 0 bridgehead atoms. The number of nitrogens with zero attached hydrogens (tertiary/aromatic N) is 1. The molecule has 3 rings (SSSR count). The zero-order valence-electron chi connectivity index (χ0n) is 16.9. The van der Waals surface area contributed by atoms with Crippen LogP contribution >= 0.6 is 39.9 Å². The second-order valence-electron chi connectivity index (χ2n) is 6.47. The molecule has 0 aromatic heterocycles. The molecule has 1 aliphatic heterocycles. The maximum Gasteiger partial charge on any atom is 0.307 e. The third-order valence-electron chi connectivity index (χ3n) is 4.42. The monoisotopic (exact) mass is 521 g/mol. The standard InChI is InChI=1S/C22H20BrNO5S2/c1-27-17-11-15(10-16(23)20(17)29-13-14-6-4-3-5-7-14)12-18-21(26)24(22(30)31-18)9-8-19(25)28-2/h3-7,10-12H,8-9,13H2,1-2H3/b18-12-. The van der Waals surface area contributed by atoms with Crippen LogP contribution in [0.5, 0.6) is 11.5 Å². The zero-order valence-corrected chi connectivity index (χ0v) is 20.1. The Morgan fingerprint density at radius 3 is 2.65 bits per heavy atom. The van der Waals surface area contributed by atoms with Gasteiger partial charge in [-0.2, -0.15) is 0 Å². The first-order chi connectivity index (χ1) is 14.9. The Kier molecular flexibility index (Phi) is 8.11. The van der Waals surface area contributed by atoms with Crippen LogP contribution in [0.3, 0.4) is 0 Å². The number of hydrogen-bond donors (Lipinski definition) is 0. The third-order valence-corrected chi connectivity index (χ3v) is 6.38. The summed E-state index contributed by atoms with van der Waals surface area (Å²) in [6, 6.07) is 13.5. The van der Waals surface area contributed by atoms with Crippen molar-refractivity contribution in [2.24, 2.45) is 0 Å². The molecule has 31 heavy (non-hydrogen) atoms. The fraction of sp³-hybridized carbons (Fsp3) is 0.227. The molecule has 1 saturated heterocycles. The summed E-state index contributed by atoms with van der Waals surface area (Å²) in [7, 11) is 2.87. The number of rotatable bonds is 8. The van der Waals surface area contributed by atoms with Crippen LogP contribution in [0, 0.1) is 0 Å². The van der Waals surface area contributed by atoms with Crippen molar-refractivity contribution in [3.05, 3.63) is 63.0 Å². The van der Waals surface area contributed by atoms with Crippen LogP contribution in [-0.2, 0) is 20.9 Å². The van der Waals surface area contributed by atoms with Crippen molar-refractivity contribution in [2.45, 2.75) is 13.0 Å². The van der Waals surface area contributed by atoms with Gasteiger partial charge in [0.15, 0.2) is 11.5 Å². The van der Waals surface area contributed by atoms with E-state index in [-0.39, 0.29) is 18.9 Å². The molecule has 0 saturated carbocycles. The van der Waals surface area contributed by atoms with E-state index in [1.165, 1.54) is 23.8 Å². The summed E-state index contributed by atoms with van der Waals surface area (Å²) in [6.45, 7) is 0.585. The molecule has 0 unspecified atom stereocenters. The highest BCUT2D eigenvalue weighted by molar-refractivity contribution is 9.10. The highest BCUT2D eigenvalue weighted by atomic mass is 79.9. The molecule has 6 nitrogen and oxygen atoms in total. The topological polar surface area (TPSA) is 65.1 Å². The van der Waals surface area contributed by atoms with E-state index < -0.39 is 5.97 Å². The molecule has 0 radical (unpaired) electrons. The molecular weight excluding hydrogens is 502 g/mol. The Labute approximate surface area is 198 Å². The van der Waals surface area contributed by atoms with E-state index >= 15 is 0 Å². The molecule has 162 valence electrons. The van der Waals surface area contributed by atoms with E-state index in [9.17, 15) is 9.59 Å². The van der Waals surface area contributed by atoms with Crippen LogP contribution in [0.4, 0.5) is 0 Å². The number of benzene rings is 2. The van der Waals surface area contributed by atoms with Gasteiger partial charge in [-0.1, -0.05) is 54.3 Å². The third kappa shape index (κ3) is 5.87. The van der Waals surface area contributed by atoms with Gasteiger partial charge in [0.1, 0.15) is 10.9 Å². The van der Waals surface area contributed by atoms with Gasteiger partial charge >= 0.3 is 5.97 Å².